The molecule has 0 radical (unpaired) electrons. The molecule has 1 heterocycles. The summed E-state index contributed by atoms with van der Waals surface area (Å²) in [5.41, 5.74) is 0.983. The summed E-state index contributed by atoms with van der Waals surface area (Å²) in [5.74, 6) is 0. The van der Waals surface area contributed by atoms with Crippen LogP contribution in [-0.4, -0.2) is 17.2 Å². The zero-order valence-corrected chi connectivity index (χ0v) is 12.5. The molecule has 0 aliphatic rings. The number of hydrogen-bond donors (Lipinski definition) is 1. The van der Waals surface area contributed by atoms with Gasteiger partial charge in [-0.3, -0.25) is 0 Å². The normalized spacial score (nSPS) is 12.7. The first-order chi connectivity index (χ1) is 8.10. The van der Waals surface area contributed by atoms with E-state index in [2.05, 4.69) is 38.4 Å². The molecule has 3 nitrogen and oxygen atoms in total. The lowest BCUT2D eigenvalue weighted by atomic mass is 10.2. The van der Waals surface area contributed by atoms with Crippen molar-refractivity contribution in [2.24, 2.45) is 0 Å². The zero-order valence-electron chi connectivity index (χ0n) is 9.37. The van der Waals surface area contributed by atoms with Crippen LogP contribution in [-0.2, 0) is 0 Å². The van der Waals surface area contributed by atoms with Gasteiger partial charge in [0.2, 0.25) is 0 Å². The largest absolute Gasteiger partial charge is 0.311 e. The molecule has 2 rings (SSSR count). The van der Waals surface area contributed by atoms with Crippen LogP contribution in [0, 0.1) is 0 Å². The highest BCUT2D eigenvalue weighted by Crippen LogP contribution is 2.30. The van der Waals surface area contributed by atoms with Crippen LogP contribution in [0.5, 0.6) is 0 Å². The molecule has 0 saturated heterocycles. The molecule has 90 valence electrons. The fourth-order valence-corrected chi connectivity index (χ4v) is 3.08. The van der Waals surface area contributed by atoms with E-state index in [1.807, 2.05) is 25.2 Å². The Morgan fingerprint density at radius 2 is 2.12 bits per heavy atom. The third-order valence-corrected chi connectivity index (χ3v) is 4.18. The quantitative estimate of drug-likeness (QED) is 0.926. The van der Waals surface area contributed by atoms with Crippen molar-refractivity contribution in [3.8, 4) is 10.6 Å². The number of benzene rings is 1. The van der Waals surface area contributed by atoms with Crippen molar-refractivity contribution < 1.29 is 0 Å². The fourth-order valence-electron chi connectivity index (χ4n) is 1.33. The molecule has 0 amide bonds. The number of nitrogens with one attached hydrogen (secondary N) is 1. The Labute approximate surface area is 117 Å². The average Bonchev–Trinajstić information content (AvgIpc) is 2.76. The third-order valence-electron chi connectivity index (χ3n) is 2.35. The standard InChI is InChI=1S/C11H11BrClN3S/c1-6(14-2)10-15-16-11(17-10)7-3-8(12)5-9(13)4-7/h3-6,14H,1-2H3. The Hall–Kier alpha value is -0.490. The lowest BCUT2D eigenvalue weighted by Crippen LogP contribution is -2.11. The summed E-state index contributed by atoms with van der Waals surface area (Å²) in [6.07, 6.45) is 0. The molecule has 1 unspecified atom stereocenters. The summed E-state index contributed by atoms with van der Waals surface area (Å²) in [6.45, 7) is 2.05. The second-order valence-corrected chi connectivity index (χ2v) is 5.98. The second-order valence-electron chi connectivity index (χ2n) is 3.61. The molecule has 0 aliphatic carbocycles. The van der Waals surface area contributed by atoms with Crippen molar-refractivity contribution in [3.05, 3.63) is 32.7 Å². The molecular formula is C11H11BrClN3S. The van der Waals surface area contributed by atoms with Crippen molar-refractivity contribution in [2.75, 3.05) is 7.05 Å². The summed E-state index contributed by atoms with van der Waals surface area (Å²) in [6, 6.07) is 5.94. The van der Waals surface area contributed by atoms with Gasteiger partial charge in [-0.05, 0) is 32.2 Å². The molecule has 0 saturated carbocycles. The average molecular weight is 333 g/mol. The second kappa shape index (κ2) is 5.44. The van der Waals surface area contributed by atoms with E-state index >= 15 is 0 Å². The molecule has 17 heavy (non-hydrogen) atoms. The van der Waals surface area contributed by atoms with E-state index in [1.54, 1.807) is 11.3 Å². The van der Waals surface area contributed by atoms with Crippen LogP contribution < -0.4 is 5.32 Å². The van der Waals surface area contributed by atoms with E-state index in [-0.39, 0.29) is 6.04 Å². The monoisotopic (exact) mass is 331 g/mol. The van der Waals surface area contributed by atoms with Crippen molar-refractivity contribution in [2.45, 2.75) is 13.0 Å². The van der Waals surface area contributed by atoms with E-state index in [1.165, 1.54) is 0 Å². The van der Waals surface area contributed by atoms with Crippen molar-refractivity contribution in [3.63, 3.8) is 0 Å². The van der Waals surface area contributed by atoms with Gasteiger partial charge in [-0.25, -0.2) is 0 Å². The molecule has 2 aromatic rings. The van der Waals surface area contributed by atoms with Gasteiger partial charge in [0.1, 0.15) is 10.0 Å². The lowest BCUT2D eigenvalue weighted by molar-refractivity contribution is 0.640. The van der Waals surface area contributed by atoms with E-state index in [0.29, 0.717) is 5.02 Å². The Morgan fingerprint density at radius 1 is 1.35 bits per heavy atom. The topological polar surface area (TPSA) is 37.8 Å². The molecule has 1 atom stereocenters. The van der Waals surface area contributed by atoms with Crippen LogP contribution in [0.1, 0.15) is 18.0 Å². The summed E-state index contributed by atoms with van der Waals surface area (Å²) in [5, 5.41) is 14.0. The van der Waals surface area contributed by atoms with Crippen LogP contribution in [0.15, 0.2) is 22.7 Å². The molecule has 0 spiro atoms. The van der Waals surface area contributed by atoms with Gasteiger partial charge in [-0.15, -0.1) is 10.2 Å². The van der Waals surface area contributed by atoms with Crippen LogP contribution >= 0.6 is 38.9 Å². The minimum absolute atomic E-state index is 0.212. The highest BCUT2D eigenvalue weighted by atomic mass is 79.9. The van der Waals surface area contributed by atoms with E-state index < -0.39 is 0 Å². The number of hydrogen-bond acceptors (Lipinski definition) is 4. The van der Waals surface area contributed by atoms with Gasteiger partial charge in [-0.1, -0.05) is 38.9 Å². The van der Waals surface area contributed by atoms with Gasteiger partial charge in [0.05, 0.1) is 6.04 Å². The minimum Gasteiger partial charge on any atom is -0.311 e. The Morgan fingerprint density at radius 3 is 2.76 bits per heavy atom. The first kappa shape index (κ1) is 13.0. The number of aromatic nitrogens is 2. The molecule has 0 fully saturated rings. The lowest BCUT2D eigenvalue weighted by Gasteiger charge is -2.03. The minimum atomic E-state index is 0.212. The van der Waals surface area contributed by atoms with Gasteiger partial charge >= 0.3 is 0 Å². The van der Waals surface area contributed by atoms with Gasteiger partial charge in [-0.2, -0.15) is 0 Å². The molecule has 6 heteroatoms. The van der Waals surface area contributed by atoms with Gasteiger partial charge in [0.15, 0.2) is 0 Å². The van der Waals surface area contributed by atoms with Crippen LogP contribution in [0.25, 0.3) is 10.6 Å². The predicted octanol–water partition coefficient (Wildman–Crippen LogP) is 3.90. The summed E-state index contributed by atoms with van der Waals surface area (Å²) < 4.78 is 0.943. The highest BCUT2D eigenvalue weighted by molar-refractivity contribution is 9.10. The van der Waals surface area contributed by atoms with Crippen LogP contribution in [0.2, 0.25) is 5.02 Å². The summed E-state index contributed by atoms with van der Waals surface area (Å²) >= 11 is 11.0. The van der Waals surface area contributed by atoms with Crippen LogP contribution in [0.3, 0.4) is 0 Å². The Bertz CT molecular complexity index is 509. The molecule has 1 N–H and O–H groups in total. The fraction of sp³-hybridized carbons (Fsp3) is 0.273. The Kier molecular flexibility index (Phi) is 4.14. The highest BCUT2D eigenvalue weighted by Gasteiger charge is 2.12. The van der Waals surface area contributed by atoms with E-state index in [0.717, 1.165) is 20.1 Å². The number of rotatable bonds is 3. The van der Waals surface area contributed by atoms with Gasteiger partial charge in [0.25, 0.3) is 0 Å². The zero-order chi connectivity index (χ0) is 12.4. The van der Waals surface area contributed by atoms with Crippen molar-refractivity contribution in [1.29, 1.82) is 0 Å². The first-order valence-electron chi connectivity index (χ1n) is 5.07. The summed E-state index contributed by atoms with van der Waals surface area (Å²) in [4.78, 5) is 0. The van der Waals surface area contributed by atoms with Crippen molar-refractivity contribution in [1.82, 2.24) is 15.5 Å². The Balaban J connectivity index is 2.36. The SMILES string of the molecule is CNC(C)c1nnc(-c2cc(Cl)cc(Br)c2)s1. The first-order valence-corrected chi connectivity index (χ1v) is 7.06. The van der Waals surface area contributed by atoms with Crippen molar-refractivity contribution >= 4 is 38.9 Å². The number of halogens is 2. The maximum absolute atomic E-state index is 6.01. The molecule has 0 aliphatic heterocycles. The molecular weight excluding hydrogens is 322 g/mol. The van der Waals surface area contributed by atoms with E-state index in [4.69, 9.17) is 11.6 Å². The molecule has 0 bridgehead atoms. The third kappa shape index (κ3) is 3.04. The smallest absolute Gasteiger partial charge is 0.147 e. The molecule has 1 aromatic heterocycles. The van der Waals surface area contributed by atoms with Crippen LogP contribution in [0.4, 0.5) is 0 Å². The van der Waals surface area contributed by atoms with E-state index in [9.17, 15) is 0 Å². The maximum atomic E-state index is 6.01. The van der Waals surface area contributed by atoms with Gasteiger partial charge < -0.3 is 5.32 Å². The summed E-state index contributed by atoms with van der Waals surface area (Å²) in [7, 11) is 1.90. The number of nitrogens with zero attached hydrogens (tertiary/aromatic N) is 2. The maximum Gasteiger partial charge on any atom is 0.147 e. The molecule has 1 aromatic carbocycles. The predicted molar refractivity (Wildman–Crippen MR) is 75.5 cm³/mol. The van der Waals surface area contributed by atoms with Gasteiger partial charge in [0, 0.05) is 15.1 Å².